The van der Waals surface area contributed by atoms with E-state index in [1.54, 1.807) is 18.6 Å². The summed E-state index contributed by atoms with van der Waals surface area (Å²) < 4.78 is 2.00. The van der Waals surface area contributed by atoms with Gasteiger partial charge in [0.2, 0.25) is 0 Å². The minimum Gasteiger partial charge on any atom is -0.380 e. The molecule has 1 atom stereocenters. The van der Waals surface area contributed by atoms with Gasteiger partial charge in [0.05, 0.1) is 0 Å². The Hall–Kier alpha value is -2.46. The quantitative estimate of drug-likeness (QED) is 0.780. The SMILES string of the molecule is OC(c1cccnc1)c1nccn1Cc1ccc(C2CCC2)cc1. The normalized spacial score (nSPS) is 15.9. The van der Waals surface area contributed by atoms with Gasteiger partial charge < -0.3 is 9.67 Å². The van der Waals surface area contributed by atoms with Crippen LogP contribution in [0.1, 0.15) is 53.8 Å². The lowest BCUT2D eigenvalue weighted by atomic mass is 9.80. The fraction of sp³-hybridized carbons (Fsp3) is 0.300. The smallest absolute Gasteiger partial charge is 0.142 e. The first-order valence-electron chi connectivity index (χ1n) is 8.49. The van der Waals surface area contributed by atoms with Crippen molar-refractivity contribution in [3.63, 3.8) is 0 Å². The molecule has 4 rings (SSSR count). The van der Waals surface area contributed by atoms with Crippen LogP contribution in [0.4, 0.5) is 0 Å². The summed E-state index contributed by atoms with van der Waals surface area (Å²) in [6.45, 7) is 0.706. The Kier molecular flexibility index (Phi) is 4.13. The summed E-state index contributed by atoms with van der Waals surface area (Å²) in [6.07, 6.45) is 10.3. The van der Waals surface area contributed by atoms with Crippen LogP contribution in [-0.4, -0.2) is 19.6 Å². The first-order valence-corrected chi connectivity index (χ1v) is 8.49. The van der Waals surface area contributed by atoms with Crippen LogP contribution in [0.5, 0.6) is 0 Å². The molecule has 1 N–H and O–H groups in total. The molecule has 0 bridgehead atoms. The van der Waals surface area contributed by atoms with Crippen molar-refractivity contribution in [1.82, 2.24) is 14.5 Å². The number of hydrogen-bond donors (Lipinski definition) is 1. The second-order valence-corrected chi connectivity index (χ2v) is 6.47. The maximum Gasteiger partial charge on any atom is 0.142 e. The molecule has 1 fully saturated rings. The first-order chi connectivity index (χ1) is 11.8. The van der Waals surface area contributed by atoms with Gasteiger partial charge >= 0.3 is 0 Å². The van der Waals surface area contributed by atoms with Gasteiger partial charge in [-0.1, -0.05) is 36.8 Å². The van der Waals surface area contributed by atoms with E-state index >= 15 is 0 Å². The Bertz CT molecular complexity index is 791. The molecular formula is C20H21N3O. The molecule has 0 spiro atoms. The zero-order valence-corrected chi connectivity index (χ0v) is 13.5. The maximum atomic E-state index is 10.6. The zero-order chi connectivity index (χ0) is 16.4. The number of aliphatic hydroxyl groups excluding tert-OH is 1. The van der Waals surface area contributed by atoms with Crippen molar-refractivity contribution in [3.05, 3.63) is 83.7 Å². The van der Waals surface area contributed by atoms with Crippen LogP contribution >= 0.6 is 0 Å². The van der Waals surface area contributed by atoms with E-state index in [0.29, 0.717) is 12.4 Å². The lowest BCUT2D eigenvalue weighted by Crippen LogP contribution is -2.11. The standard InChI is InChI=1S/C20H21N3O/c24-19(18-5-2-10-21-13-18)20-22-11-12-23(20)14-15-6-8-17(9-7-15)16-3-1-4-16/h2,5-13,16,19,24H,1,3-4,14H2. The molecule has 1 saturated carbocycles. The van der Waals surface area contributed by atoms with Crippen LogP contribution in [0.2, 0.25) is 0 Å². The second kappa shape index (κ2) is 6.57. The van der Waals surface area contributed by atoms with Gasteiger partial charge in [0.25, 0.3) is 0 Å². The lowest BCUT2D eigenvalue weighted by molar-refractivity contribution is 0.205. The van der Waals surface area contributed by atoms with Crippen molar-refractivity contribution in [1.29, 1.82) is 0 Å². The van der Waals surface area contributed by atoms with Gasteiger partial charge in [0.15, 0.2) is 0 Å². The Morgan fingerprint density at radius 3 is 2.62 bits per heavy atom. The zero-order valence-electron chi connectivity index (χ0n) is 13.5. The van der Waals surface area contributed by atoms with E-state index in [1.165, 1.54) is 30.4 Å². The van der Waals surface area contributed by atoms with Gasteiger partial charge in [-0.15, -0.1) is 0 Å². The predicted octanol–water partition coefficient (Wildman–Crippen LogP) is 3.68. The molecule has 0 radical (unpaired) electrons. The summed E-state index contributed by atoms with van der Waals surface area (Å²) in [5, 5.41) is 10.6. The highest BCUT2D eigenvalue weighted by Gasteiger charge is 2.19. The molecule has 2 aromatic heterocycles. The summed E-state index contributed by atoms with van der Waals surface area (Å²) in [5.41, 5.74) is 3.42. The van der Waals surface area contributed by atoms with Crippen LogP contribution in [0, 0.1) is 0 Å². The molecular weight excluding hydrogens is 298 g/mol. The van der Waals surface area contributed by atoms with Crippen LogP contribution in [0.3, 0.4) is 0 Å². The Morgan fingerprint density at radius 1 is 1.12 bits per heavy atom. The number of rotatable bonds is 5. The third-order valence-electron chi connectivity index (χ3n) is 4.90. The number of aliphatic hydroxyl groups is 1. The summed E-state index contributed by atoms with van der Waals surface area (Å²) in [7, 11) is 0. The van der Waals surface area contributed by atoms with Crippen molar-refractivity contribution in [2.75, 3.05) is 0 Å². The van der Waals surface area contributed by atoms with Crippen LogP contribution in [0.25, 0.3) is 0 Å². The Morgan fingerprint density at radius 2 is 1.96 bits per heavy atom. The predicted molar refractivity (Wildman–Crippen MR) is 92.7 cm³/mol. The molecule has 122 valence electrons. The van der Waals surface area contributed by atoms with Gasteiger partial charge in [0, 0.05) is 36.9 Å². The molecule has 1 aromatic carbocycles. The number of hydrogen-bond acceptors (Lipinski definition) is 3. The molecule has 1 unspecified atom stereocenters. The molecule has 1 aliphatic carbocycles. The molecule has 4 nitrogen and oxygen atoms in total. The topological polar surface area (TPSA) is 50.9 Å². The second-order valence-electron chi connectivity index (χ2n) is 6.47. The van der Waals surface area contributed by atoms with E-state index in [1.807, 2.05) is 22.9 Å². The molecule has 24 heavy (non-hydrogen) atoms. The maximum absolute atomic E-state index is 10.6. The van der Waals surface area contributed by atoms with Crippen LogP contribution in [-0.2, 0) is 6.54 Å². The minimum atomic E-state index is -0.761. The fourth-order valence-corrected chi connectivity index (χ4v) is 3.22. The van der Waals surface area contributed by atoms with E-state index in [0.717, 1.165) is 11.5 Å². The minimum absolute atomic E-state index is 0.645. The van der Waals surface area contributed by atoms with Gasteiger partial charge in [0.1, 0.15) is 11.9 Å². The Labute approximate surface area is 141 Å². The van der Waals surface area contributed by atoms with Crippen molar-refractivity contribution in [2.24, 2.45) is 0 Å². The summed E-state index contributed by atoms with van der Waals surface area (Å²) in [5.74, 6) is 1.40. The molecule has 0 saturated heterocycles. The summed E-state index contributed by atoms with van der Waals surface area (Å²) in [6, 6.07) is 12.6. The molecule has 1 aliphatic rings. The number of benzene rings is 1. The number of imidazole rings is 1. The summed E-state index contributed by atoms with van der Waals surface area (Å²) in [4.78, 5) is 8.41. The molecule has 0 amide bonds. The highest BCUT2D eigenvalue weighted by molar-refractivity contribution is 5.27. The molecule has 0 aliphatic heterocycles. The number of pyridine rings is 1. The van der Waals surface area contributed by atoms with Crippen LogP contribution in [0.15, 0.2) is 61.2 Å². The summed E-state index contributed by atoms with van der Waals surface area (Å²) >= 11 is 0. The Balaban J connectivity index is 1.52. The van der Waals surface area contributed by atoms with E-state index in [-0.39, 0.29) is 0 Å². The van der Waals surface area contributed by atoms with E-state index in [2.05, 4.69) is 34.2 Å². The van der Waals surface area contributed by atoms with Gasteiger partial charge in [-0.3, -0.25) is 4.98 Å². The monoisotopic (exact) mass is 319 g/mol. The average molecular weight is 319 g/mol. The largest absolute Gasteiger partial charge is 0.380 e. The lowest BCUT2D eigenvalue weighted by Gasteiger charge is -2.25. The fourth-order valence-electron chi connectivity index (χ4n) is 3.22. The number of nitrogens with zero attached hydrogens (tertiary/aromatic N) is 3. The van der Waals surface area contributed by atoms with E-state index in [4.69, 9.17) is 0 Å². The van der Waals surface area contributed by atoms with Crippen molar-refractivity contribution >= 4 is 0 Å². The van der Waals surface area contributed by atoms with Crippen molar-refractivity contribution < 1.29 is 5.11 Å². The van der Waals surface area contributed by atoms with Gasteiger partial charge in [-0.05, 0) is 36.0 Å². The van der Waals surface area contributed by atoms with Crippen molar-refractivity contribution in [3.8, 4) is 0 Å². The number of aromatic nitrogens is 3. The van der Waals surface area contributed by atoms with E-state index in [9.17, 15) is 5.11 Å². The van der Waals surface area contributed by atoms with Crippen molar-refractivity contribution in [2.45, 2.75) is 37.8 Å². The van der Waals surface area contributed by atoms with E-state index < -0.39 is 6.10 Å². The van der Waals surface area contributed by atoms with Crippen LogP contribution < -0.4 is 0 Å². The highest BCUT2D eigenvalue weighted by Crippen LogP contribution is 2.36. The third-order valence-corrected chi connectivity index (χ3v) is 4.90. The molecule has 4 heteroatoms. The van der Waals surface area contributed by atoms with Gasteiger partial charge in [-0.2, -0.15) is 0 Å². The third kappa shape index (κ3) is 2.97. The molecule has 2 heterocycles. The average Bonchev–Trinajstić information content (AvgIpc) is 3.03. The molecule has 3 aromatic rings. The first kappa shape index (κ1) is 15.1. The van der Waals surface area contributed by atoms with Gasteiger partial charge in [-0.25, -0.2) is 4.98 Å². The highest BCUT2D eigenvalue weighted by atomic mass is 16.3.